The molecule has 3 nitrogen and oxygen atoms in total. The quantitative estimate of drug-likeness (QED) is 0.652. The van der Waals surface area contributed by atoms with Crippen LogP contribution in [0, 0.1) is 13.8 Å². The van der Waals surface area contributed by atoms with Crippen molar-refractivity contribution in [1.29, 1.82) is 0 Å². The standard InChI is InChI=1S/C14H22O3/c1-12-5-6-13(2)14(11-12)17-10-9-16-8-4-7-15-3/h5-6,11H,4,7-10H2,1-3H3. The molecule has 1 rings (SSSR count). The summed E-state index contributed by atoms with van der Waals surface area (Å²) < 4.78 is 16.0. The van der Waals surface area contributed by atoms with Crippen molar-refractivity contribution < 1.29 is 14.2 Å². The molecular formula is C14H22O3. The Bertz CT molecular complexity index is 323. The van der Waals surface area contributed by atoms with Gasteiger partial charge < -0.3 is 14.2 Å². The van der Waals surface area contributed by atoms with E-state index in [1.807, 2.05) is 6.92 Å². The molecule has 0 amide bonds. The van der Waals surface area contributed by atoms with E-state index in [2.05, 4.69) is 25.1 Å². The number of hydrogen-bond donors (Lipinski definition) is 0. The second-order valence-corrected chi connectivity index (χ2v) is 4.08. The average molecular weight is 238 g/mol. The zero-order chi connectivity index (χ0) is 12.5. The van der Waals surface area contributed by atoms with Gasteiger partial charge in [-0.3, -0.25) is 0 Å². The predicted octanol–water partition coefficient (Wildman–Crippen LogP) is 2.74. The highest BCUT2D eigenvalue weighted by Gasteiger charge is 1.99. The monoisotopic (exact) mass is 238 g/mol. The molecule has 1 aromatic carbocycles. The Morgan fingerprint density at radius 1 is 1.00 bits per heavy atom. The summed E-state index contributed by atoms with van der Waals surface area (Å²) in [5.41, 5.74) is 2.38. The Hall–Kier alpha value is -1.06. The first-order valence-corrected chi connectivity index (χ1v) is 6.01. The molecule has 0 heterocycles. The van der Waals surface area contributed by atoms with Crippen LogP contribution in [-0.4, -0.2) is 33.5 Å². The molecule has 1 aromatic rings. The summed E-state index contributed by atoms with van der Waals surface area (Å²) in [4.78, 5) is 0. The van der Waals surface area contributed by atoms with Crippen LogP contribution in [0.25, 0.3) is 0 Å². The highest BCUT2D eigenvalue weighted by atomic mass is 16.5. The number of methoxy groups -OCH3 is 1. The number of rotatable bonds is 8. The molecule has 0 N–H and O–H groups in total. The third-order valence-corrected chi connectivity index (χ3v) is 2.47. The van der Waals surface area contributed by atoms with Crippen molar-refractivity contribution in [1.82, 2.24) is 0 Å². The van der Waals surface area contributed by atoms with E-state index in [1.54, 1.807) is 7.11 Å². The summed E-state index contributed by atoms with van der Waals surface area (Å²) in [7, 11) is 1.70. The SMILES string of the molecule is COCCCOCCOc1cc(C)ccc1C. The molecule has 0 radical (unpaired) electrons. The summed E-state index contributed by atoms with van der Waals surface area (Å²) >= 11 is 0. The van der Waals surface area contributed by atoms with Crippen LogP contribution in [0.3, 0.4) is 0 Å². The third kappa shape index (κ3) is 5.71. The molecule has 96 valence electrons. The van der Waals surface area contributed by atoms with E-state index < -0.39 is 0 Å². The summed E-state index contributed by atoms with van der Waals surface area (Å²) in [6, 6.07) is 6.22. The van der Waals surface area contributed by atoms with E-state index in [0.29, 0.717) is 13.2 Å². The number of ether oxygens (including phenoxy) is 3. The zero-order valence-corrected chi connectivity index (χ0v) is 11.0. The van der Waals surface area contributed by atoms with Crippen LogP contribution in [-0.2, 0) is 9.47 Å². The van der Waals surface area contributed by atoms with Gasteiger partial charge in [-0.2, -0.15) is 0 Å². The van der Waals surface area contributed by atoms with Crippen molar-refractivity contribution in [2.45, 2.75) is 20.3 Å². The maximum absolute atomic E-state index is 5.67. The Balaban J connectivity index is 2.15. The topological polar surface area (TPSA) is 27.7 Å². The number of benzene rings is 1. The molecule has 0 atom stereocenters. The van der Waals surface area contributed by atoms with E-state index in [0.717, 1.165) is 30.9 Å². The largest absolute Gasteiger partial charge is 0.491 e. The van der Waals surface area contributed by atoms with Crippen LogP contribution in [0.1, 0.15) is 17.5 Å². The third-order valence-electron chi connectivity index (χ3n) is 2.47. The van der Waals surface area contributed by atoms with Gasteiger partial charge >= 0.3 is 0 Å². The molecule has 3 heteroatoms. The van der Waals surface area contributed by atoms with Crippen molar-refractivity contribution in [3.63, 3.8) is 0 Å². The van der Waals surface area contributed by atoms with Gasteiger partial charge in [0.15, 0.2) is 0 Å². The lowest BCUT2D eigenvalue weighted by Crippen LogP contribution is -2.09. The normalized spacial score (nSPS) is 10.5. The van der Waals surface area contributed by atoms with Crippen LogP contribution in [0.2, 0.25) is 0 Å². The van der Waals surface area contributed by atoms with Crippen LogP contribution >= 0.6 is 0 Å². The van der Waals surface area contributed by atoms with Crippen LogP contribution in [0.4, 0.5) is 0 Å². The minimum Gasteiger partial charge on any atom is -0.491 e. The minimum atomic E-state index is 0.595. The number of hydrogen-bond acceptors (Lipinski definition) is 3. The molecule has 0 aliphatic rings. The molecule has 0 fully saturated rings. The molecule has 0 spiro atoms. The van der Waals surface area contributed by atoms with Gasteiger partial charge in [-0.25, -0.2) is 0 Å². The van der Waals surface area contributed by atoms with Gasteiger partial charge in [-0.15, -0.1) is 0 Å². The maximum atomic E-state index is 5.67. The fourth-order valence-corrected chi connectivity index (χ4v) is 1.48. The Kier molecular flexibility index (Phi) is 6.67. The average Bonchev–Trinajstić information content (AvgIpc) is 2.32. The molecule has 0 saturated carbocycles. The van der Waals surface area contributed by atoms with Crippen molar-refractivity contribution >= 4 is 0 Å². The van der Waals surface area contributed by atoms with E-state index in [9.17, 15) is 0 Å². The van der Waals surface area contributed by atoms with Gasteiger partial charge in [0.2, 0.25) is 0 Å². The van der Waals surface area contributed by atoms with E-state index >= 15 is 0 Å². The van der Waals surface area contributed by atoms with Crippen LogP contribution < -0.4 is 4.74 Å². The second-order valence-electron chi connectivity index (χ2n) is 4.08. The van der Waals surface area contributed by atoms with Gasteiger partial charge in [0.25, 0.3) is 0 Å². The van der Waals surface area contributed by atoms with Gasteiger partial charge in [-0.05, 0) is 37.5 Å². The fourth-order valence-electron chi connectivity index (χ4n) is 1.48. The molecule has 0 aromatic heterocycles. The molecule has 0 saturated heterocycles. The predicted molar refractivity (Wildman–Crippen MR) is 68.7 cm³/mol. The van der Waals surface area contributed by atoms with Crippen molar-refractivity contribution in [2.24, 2.45) is 0 Å². The van der Waals surface area contributed by atoms with Gasteiger partial charge in [0.1, 0.15) is 12.4 Å². The first-order chi connectivity index (χ1) is 8.24. The van der Waals surface area contributed by atoms with Crippen LogP contribution in [0.5, 0.6) is 5.75 Å². The highest BCUT2D eigenvalue weighted by molar-refractivity contribution is 5.35. The molecule has 0 unspecified atom stereocenters. The Labute approximate surface area is 104 Å². The van der Waals surface area contributed by atoms with Crippen molar-refractivity contribution in [3.05, 3.63) is 29.3 Å². The molecule has 0 aliphatic heterocycles. The Morgan fingerprint density at radius 2 is 1.82 bits per heavy atom. The van der Waals surface area contributed by atoms with Crippen molar-refractivity contribution in [3.8, 4) is 5.75 Å². The fraction of sp³-hybridized carbons (Fsp3) is 0.571. The number of aryl methyl sites for hydroxylation is 2. The lowest BCUT2D eigenvalue weighted by atomic mass is 10.1. The first-order valence-electron chi connectivity index (χ1n) is 6.01. The van der Waals surface area contributed by atoms with E-state index in [-0.39, 0.29) is 0 Å². The Morgan fingerprint density at radius 3 is 2.59 bits per heavy atom. The lowest BCUT2D eigenvalue weighted by molar-refractivity contribution is 0.0805. The molecule has 0 aliphatic carbocycles. The molecular weight excluding hydrogens is 216 g/mol. The zero-order valence-electron chi connectivity index (χ0n) is 11.0. The maximum Gasteiger partial charge on any atom is 0.122 e. The second kappa shape index (κ2) is 8.09. The summed E-state index contributed by atoms with van der Waals surface area (Å²) in [5, 5.41) is 0. The molecule has 0 bridgehead atoms. The molecule has 17 heavy (non-hydrogen) atoms. The summed E-state index contributed by atoms with van der Waals surface area (Å²) in [5.74, 6) is 0.950. The van der Waals surface area contributed by atoms with Crippen LogP contribution in [0.15, 0.2) is 18.2 Å². The van der Waals surface area contributed by atoms with E-state index in [4.69, 9.17) is 14.2 Å². The van der Waals surface area contributed by atoms with Gasteiger partial charge in [0.05, 0.1) is 6.61 Å². The smallest absolute Gasteiger partial charge is 0.122 e. The summed E-state index contributed by atoms with van der Waals surface area (Å²) in [6.45, 7) is 6.80. The first kappa shape index (κ1) is 14.0. The lowest BCUT2D eigenvalue weighted by Gasteiger charge is -2.10. The summed E-state index contributed by atoms with van der Waals surface area (Å²) in [6.07, 6.45) is 0.931. The van der Waals surface area contributed by atoms with Gasteiger partial charge in [0, 0.05) is 20.3 Å². The minimum absolute atomic E-state index is 0.595. The highest BCUT2D eigenvalue weighted by Crippen LogP contribution is 2.18. The van der Waals surface area contributed by atoms with Crippen molar-refractivity contribution in [2.75, 3.05) is 33.5 Å². The van der Waals surface area contributed by atoms with Gasteiger partial charge in [-0.1, -0.05) is 12.1 Å². The van der Waals surface area contributed by atoms with E-state index in [1.165, 1.54) is 5.56 Å².